The molecule has 0 bridgehead atoms. The number of hydrogen-bond donors (Lipinski definition) is 1. The predicted octanol–water partition coefficient (Wildman–Crippen LogP) is 1.56. The van der Waals surface area contributed by atoms with Crippen LogP contribution in [0, 0.1) is 0 Å². The van der Waals surface area contributed by atoms with E-state index in [1.807, 2.05) is 6.07 Å². The number of ether oxygens (including phenoxy) is 1. The molecule has 0 amide bonds. The van der Waals surface area contributed by atoms with Crippen molar-refractivity contribution in [3.05, 3.63) is 41.7 Å². The van der Waals surface area contributed by atoms with Gasteiger partial charge in [-0.15, -0.1) is 0 Å². The average molecular weight is 298 g/mol. The minimum atomic E-state index is 0.391. The third-order valence-electron chi connectivity index (χ3n) is 4.68. The van der Waals surface area contributed by atoms with Gasteiger partial charge in [0, 0.05) is 38.8 Å². The Hall–Kier alpha value is -1.69. The smallest absolute Gasteiger partial charge is 0.140 e. The van der Waals surface area contributed by atoms with E-state index in [1.165, 1.54) is 17.0 Å². The molecule has 1 atom stereocenters. The zero-order valence-electron chi connectivity index (χ0n) is 13.0. The Balaban J connectivity index is 1.73. The normalized spacial score (nSPS) is 22.5. The van der Waals surface area contributed by atoms with Crippen molar-refractivity contribution in [3.63, 3.8) is 0 Å². The molecule has 2 aliphatic rings. The topological polar surface area (TPSA) is 42.3 Å². The number of benzene rings is 1. The first-order chi connectivity index (χ1) is 10.8. The van der Waals surface area contributed by atoms with Crippen LogP contribution in [0.5, 0.6) is 0 Å². The number of morpholine rings is 1. The van der Waals surface area contributed by atoms with Gasteiger partial charge in [0.15, 0.2) is 0 Å². The molecule has 5 heteroatoms. The molecule has 1 aromatic heterocycles. The highest BCUT2D eigenvalue weighted by Gasteiger charge is 2.31. The van der Waals surface area contributed by atoms with Crippen molar-refractivity contribution in [2.45, 2.75) is 12.6 Å². The number of nitrogens with zero attached hydrogens (tertiary/aromatic N) is 3. The van der Waals surface area contributed by atoms with Crippen LogP contribution in [0.3, 0.4) is 0 Å². The van der Waals surface area contributed by atoms with Gasteiger partial charge in [-0.25, -0.2) is 4.98 Å². The summed E-state index contributed by atoms with van der Waals surface area (Å²) >= 11 is 0. The second-order valence-electron chi connectivity index (χ2n) is 5.99. The van der Waals surface area contributed by atoms with Gasteiger partial charge in [-0.05, 0) is 0 Å². The van der Waals surface area contributed by atoms with Gasteiger partial charge in [-0.2, -0.15) is 0 Å². The Kier molecular flexibility index (Phi) is 3.70. The first kappa shape index (κ1) is 13.9. The molecule has 0 radical (unpaired) electrons. The third kappa shape index (κ3) is 2.35. The van der Waals surface area contributed by atoms with Crippen LogP contribution in [-0.2, 0) is 18.3 Å². The second-order valence-corrected chi connectivity index (χ2v) is 5.99. The van der Waals surface area contributed by atoms with Gasteiger partial charge in [0.2, 0.25) is 0 Å². The fourth-order valence-electron chi connectivity index (χ4n) is 3.57. The van der Waals surface area contributed by atoms with E-state index in [0.29, 0.717) is 6.04 Å². The van der Waals surface area contributed by atoms with Gasteiger partial charge in [-0.3, -0.25) is 4.90 Å². The molecule has 1 fully saturated rings. The summed E-state index contributed by atoms with van der Waals surface area (Å²) in [6.45, 7) is 5.50. The summed E-state index contributed by atoms with van der Waals surface area (Å²) in [7, 11) is 2.15. The molecule has 1 saturated heterocycles. The lowest BCUT2D eigenvalue weighted by Crippen LogP contribution is -2.45. The molecule has 1 aromatic carbocycles. The highest BCUT2D eigenvalue weighted by molar-refractivity contribution is 5.57. The van der Waals surface area contributed by atoms with Crippen molar-refractivity contribution in [3.8, 4) is 11.4 Å². The quantitative estimate of drug-likeness (QED) is 0.914. The SMILES string of the molecule is Cn1c(-c2ccccc2)nc2c1C(N1CCOCC1)CNC2. The van der Waals surface area contributed by atoms with E-state index in [0.717, 1.165) is 45.2 Å². The van der Waals surface area contributed by atoms with Crippen LogP contribution >= 0.6 is 0 Å². The van der Waals surface area contributed by atoms with Gasteiger partial charge in [-0.1, -0.05) is 30.3 Å². The minimum Gasteiger partial charge on any atom is -0.379 e. The molecular formula is C17H22N4O. The fraction of sp³-hybridized carbons (Fsp3) is 0.471. The Bertz CT molecular complexity index is 646. The van der Waals surface area contributed by atoms with Gasteiger partial charge in [0.05, 0.1) is 30.6 Å². The summed E-state index contributed by atoms with van der Waals surface area (Å²) in [4.78, 5) is 7.43. The molecule has 4 rings (SSSR count). The lowest BCUT2D eigenvalue weighted by Gasteiger charge is -2.37. The summed E-state index contributed by atoms with van der Waals surface area (Å²) in [5.41, 5.74) is 3.73. The van der Waals surface area contributed by atoms with Gasteiger partial charge < -0.3 is 14.6 Å². The fourth-order valence-corrected chi connectivity index (χ4v) is 3.57. The molecule has 22 heavy (non-hydrogen) atoms. The van der Waals surface area contributed by atoms with Crippen molar-refractivity contribution < 1.29 is 4.74 Å². The van der Waals surface area contributed by atoms with Crippen molar-refractivity contribution in [1.82, 2.24) is 19.8 Å². The summed E-state index contributed by atoms with van der Waals surface area (Å²) in [6, 6.07) is 10.8. The second kappa shape index (κ2) is 5.83. The van der Waals surface area contributed by atoms with Crippen LogP contribution in [0.25, 0.3) is 11.4 Å². The average Bonchev–Trinajstić information content (AvgIpc) is 2.94. The summed E-state index contributed by atoms with van der Waals surface area (Å²) in [5, 5.41) is 3.52. The Morgan fingerprint density at radius 1 is 1.18 bits per heavy atom. The molecule has 5 nitrogen and oxygen atoms in total. The predicted molar refractivity (Wildman–Crippen MR) is 85.5 cm³/mol. The first-order valence-electron chi connectivity index (χ1n) is 7.98. The lowest BCUT2D eigenvalue weighted by atomic mass is 10.1. The van der Waals surface area contributed by atoms with E-state index < -0.39 is 0 Å². The van der Waals surface area contributed by atoms with Crippen LogP contribution in [0.15, 0.2) is 30.3 Å². The molecule has 2 aliphatic heterocycles. The number of rotatable bonds is 2. The molecule has 0 saturated carbocycles. The molecule has 1 unspecified atom stereocenters. The van der Waals surface area contributed by atoms with E-state index in [-0.39, 0.29) is 0 Å². The number of aromatic nitrogens is 2. The summed E-state index contributed by atoms with van der Waals surface area (Å²) in [5.74, 6) is 1.06. The van der Waals surface area contributed by atoms with Crippen molar-refractivity contribution in [1.29, 1.82) is 0 Å². The van der Waals surface area contributed by atoms with Crippen LogP contribution in [-0.4, -0.2) is 47.3 Å². The number of hydrogen-bond acceptors (Lipinski definition) is 4. The van der Waals surface area contributed by atoms with Crippen LogP contribution in [0.2, 0.25) is 0 Å². The van der Waals surface area contributed by atoms with Gasteiger partial charge in [0.25, 0.3) is 0 Å². The van der Waals surface area contributed by atoms with Crippen LogP contribution < -0.4 is 5.32 Å². The molecule has 2 aromatic rings. The Morgan fingerprint density at radius 3 is 2.73 bits per heavy atom. The third-order valence-corrected chi connectivity index (χ3v) is 4.68. The van der Waals surface area contributed by atoms with E-state index in [2.05, 4.69) is 46.1 Å². The Morgan fingerprint density at radius 2 is 1.95 bits per heavy atom. The van der Waals surface area contributed by atoms with E-state index >= 15 is 0 Å². The maximum absolute atomic E-state index is 5.50. The van der Waals surface area contributed by atoms with Gasteiger partial charge in [0.1, 0.15) is 5.82 Å². The van der Waals surface area contributed by atoms with Crippen molar-refractivity contribution in [2.24, 2.45) is 7.05 Å². The Labute approximate surface area is 130 Å². The van der Waals surface area contributed by atoms with Crippen LogP contribution in [0.1, 0.15) is 17.4 Å². The van der Waals surface area contributed by atoms with Crippen molar-refractivity contribution >= 4 is 0 Å². The monoisotopic (exact) mass is 298 g/mol. The first-order valence-corrected chi connectivity index (χ1v) is 7.98. The number of fused-ring (bicyclic) bond motifs is 1. The zero-order valence-corrected chi connectivity index (χ0v) is 13.0. The van der Waals surface area contributed by atoms with E-state index in [9.17, 15) is 0 Å². The lowest BCUT2D eigenvalue weighted by molar-refractivity contribution is 0.0130. The molecule has 116 valence electrons. The maximum atomic E-state index is 5.50. The van der Waals surface area contributed by atoms with Crippen molar-refractivity contribution in [2.75, 3.05) is 32.8 Å². The largest absolute Gasteiger partial charge is 0.379 e. The molecule has 3 heterocycles. The zero-order chi connectivity index (χ0) is 14.9. The van der Waals surface area contributed by atoms with E-state index in [4.69, 9.17) is 9.72 Å². The van der Waals surface area contributed by atoms with Crippen LogP contribution in [0.4, 0.5) is 0 Å². The van der Waals surface area contributed by atoms with Gasteiger partial charge >= 0.3 is 0 Å². The molecule has 0 aliphatic carbocycles. The maximum Gasteiger partial charge on any atom is 0.140 e. The highest BCUT2D eigenvalue weighted by atomic mass is 16.5. The standard InChI is InChI=1S/C17H22N4O/c1-20-16-14(19-17(20)13-5-3-2-4-6-13)11-18-12-15(16)21-7-9-22-10-8-21/h2-6,15,18H,7-12H2,1H3. The highest BCUT2D eigenvalue weighted by Crippen LogP contribution is 2.31. The number of nitrogens with one attached hydrogen (secondary N) is 1. The summed E-state index contributed by atoms with van der Waals surface area (Å²) < 4.78 is 7.78. The molecular weight excluding hydrogens is 276 g/mol. The molecule has 0 spiro atoms. The minimum absolute atomic E-state index is 0.391. The van der Waals surface area contributed by atoms with E-state index in [1.54, 1.807) is 0 Å². The number of imidazole rings is 1. The summed E-state index contributed by atoms with van der Waals surface area (Å²) in [6.07, 6.45) is 0. The molecule has 1 N–H and O–H groups in total.